The first-order valence-electron chi connectivity index (χ1n) is 4.73. The maximum atomic E-state index is 5.91. The van der Waals surface area contributed by atoms with E-state index in [1.165, 1.54) is 0 Å². The third kappa shape index (κ3) is 3.40. The first kappa shape index (κ1) is 12.3. The fourth-order valence-corrected chi connectivity index (χ4v) is 1.48. The molecule has 1 aromatic rings. The summed E-state index contributed by atoms with van der Waals surface area (Å²) in [5.41, 5.74) is 0.902. The summed E-state index contributed by atoms with van der Waals surface area (Å²) >= 11 is 11.7. The maximum Gasteiger partial charge on any atom is 0.103 e. The van der Waals surface area contributed by atoms with E-state index in [1.54, 1.807) is 19.2 Å². The summed E-state index contributed by atoms with van der Waals surface area (Å²) in [6.45, 7) is 4.15. The zero-order chi connectivity index (χ0) is 11.4. The summed E-state index contributed by atoms with van der Waals surface area (Å²) in [5.74, 6) is 1.28. The molecule has 0 saturated carbocycles. The van der Waals surface area contributed by atoms with Crippen LogP contribution in [-0.2, 0) is 0 Å². The minimum Gasteiger partial charge on any atom is -0.344 e. The van der Waals surface area contributed by atoms with E-state index in [4.69, 9.17) is 23.2 Å². The number of anilines is 1. The molecule has 0 atom stereocenters. The Kier molecular flexibility index (Phi) is 4.43. The van der Waals surface area contributed by atoms with Crippen LogP contribution in [0.4, 0.5) is 5.69 Å². The number of nitrogens with zero attached hydrogens (tertiary/aromatic N) is 1. The van der Waals surface area contributed by atoms with E-state index in [1.807, 2.05) is 6.07 Å². The molecule has 0 aliphatic rings. The maximum absolute atomic E-state index is 5.91. The van der Waals surface area contributed by atoms with Crippen LogP contribution in [0.1, 0.15) is 13.8 Å². The third-order valence-corrected chi connectivity index (χ3v) is 2.72. The summed E-state index contributed by atoms with van der Waals surface area (Å²) in [6, 6.07) is 5.43. The van der Waals surface area contributed by atoms with Crippen LogP contribution in [0.5, 0.6) is 0 Å². The molecule has 0 bridgehead atoms. The van der Waals surface area contributed by atoms with Crippen molar-refractivity contribution in [1.82, 2.24) is 0 Å². The van der Waals surface area contributed by atoms with Crippen molar-refractivity contribution >= 4 is 34.7 Å². The molecule has 0 unspecified atom stereocenters. The molecule has 0 fully saturated rings. The lowest BCUT2D eigenvalue weighted by Gasteiger charge is -2.12. The Labute approximate surface area is 100 Å². The zero-order valence-electron chi connectivity index (χ0n) is 9.01. The molecule has 0 spiro atoms. The van der Waals surface area contributed by atoms with Crippen LogP contribution in [0.15, 0.2) is 23.2 Å². The van der Waals surface area contributed by atoms with E-state index in [2.05, 4.69) is 24.2 Å². The monoisotopic (exact) mass is 244 g/mol. The van der Waals surface area contributed by atoms with Gasteiger partial charge in [0.1, 0.15) is 5.84 Å². The highest BCUT2D eigenvalue weighted by Gasteiger charge is 2.05. The minimum atomic E-state index is 0.351. The molecule has 0 amide bonds. The molecule has 0 saturated heterocycles. The Morgan fingerprint density at radius 1 is 1.27 bits per heavy atom. The van der Waals surface area contributed by atoms with Gasteiger partial charge < -0.3 is 5.32 Å². The van der Waals surface area contributed by atoms with Crippen molar-refractivity contribution in [1.29, 1.82) is 0 Å². The average molecular weight is 245 g/mol. The Bertz CT molecular complexity index is 373. The van der Waals surface area contributed by atoms with E-state index in [-0.39, 0.29) is 0 Å². The molecule has 2 nitrogen and oxygen atoms in total. The first-order chi connectivity index (χ1) is 7.04. The first-order valence-corrected chi connectivity index (χ1v) is 5.49. The normalized spacial score (nSPS) is 12.0. The number of amidine groups is 1. The zero-order valence-corrected chi connectivity index (χ0v) is 10.5. The lowest BCUT2D eigenvalue weighted by atomic mass is 10.2. The standard InChI is InChI=1S/C11H14Cl2N2/c1-7(2)11(14-3)15-8-4-5-9(12)10(13)6-8/h4-7H,1-3H3,(H,14,15). The van der Waals surface area contributed by atoms with E-state index < -0.39 is 0 Å². The summed E-state index contributed by atoms with van der Waals surface area (Å²) in [4.78, 5) is 4.16. The number of rotatable bonds is 2. The van der Waals surface area contributed by atoms with Gasteiger partial charge in [-0.25, -0.2) is 0 Å². The van der Waals surface area contributed by atoms with Gasteiger partial charge in [-0.1, -0.05) is 37.0 Å². The Morgan fingerprint density at radius 3 is 2.40 bits per heavy atom. The molecular weight excluding hydrogens is 231 g/mol. The topological polar surface area (TPSA) is 24.4 Å². The number of hydrogen-bond acceptors (Lipinski definition) is 1. The smallest absolute Gasteiger partial charge is 0.103 e. The molecule has 0 aliphatic heterocycles. The van der Waals surface area contributed by atoms with Gasteiger partial charge in [0.25, 0.3) is 0 Å². The summed E-state index contributed by atoms with van der Waals surface area (Å²) in [5, 5.41) is 4.30. The quantitative estimate of drug-likeness (QED) is 0.615. The molecule has 1 aromatic carbocycles. The number of nitrogens with one attached hydrogen (secondary N) is 1. The molecule has 0 aliphatic carbocycles. The fourth-order valence-electron chi connectivity index (χ4n) is 1.18. The van der Waals surface area contributed by atoms with Crippen LogP contribution in [0.3, 0.4) is 0 Å². The molecule has 1 rings (SSSR count). The Hall–Kier alpha value is -0.730. The average Bonchev–Trinajstić information content (AvgIpc) is 2.19. The SMILES string of the molecule is CN=C(Nc1ccc(Cl)c(Cl)c1)C(C)C. The summed E-state index contributed by atoms with van der Waals surface area (Å²) < 4.78 is 0. The van der Waals surface area contributed by atoms with E-state index in [0.717, 1.165) is 11.5 Å². The van der Waals surface area contributed by atoms with Crippen molar-refractivity contribution in [3.63, 3.8) is 0 Å². The van der Waals surface area contributed by atoms with Crippen LogP contribution in [0.25, 0.3) is 0 Å². The van der Waals surface area contributed by atoms with E-state index in [9.17, 15) is 0 Å². The molecule has 82 valence electrons. The minimum absolute atomic E-state index is 0.351. The van der Waals surface area contributed by atoms with Crippen molar-refractivity contribution in [2.24, 2.45) is 10.9 Å². The second-order valence-electron chi connectivity index (χ2n) is 3.52. The molecule has 15 heavy (non-hydrogen) atoms. The molecule has 0 heterocycles. The van der Waals surface area contributed by atoms with Crippen molar-refractivity contribution in [3.8, 4) is 0 Å². The van der Waals surface area contributed by atoms with Crippen LogP contribution in [0, 0.1) is 5.92 Å². The Balaban J connectivity index is 2.85. The predicted molar refractivity (Wildman–Crippen MR) is 68.3 cm³/mol. The second kappa shape index (κ2) is 5.38. The van der Waals surface area contributed by atoms with Gasteiger partial charge in [0, 0.05) is 18.7 Å². The second-order valence-corrected chi connectivity index (χ2v) is 4.33. The summed E-state index contributed by atoms with van der Waals surface area (Å²) in [7, 11) is 1.76. The molecule has 0 aromatic heterocycles. The van der Waals surface area contributed by atoms with Gasteiger partial charge in [-0.05, 0) is 18.2 Å². The number of aliphatic imine (C=N–C) groups is 1. The molecule has 4 heteroatoms. The van der Waals surface area contributed by atoms with Gasteiger partial charge >= 0.3 is 0 Å². The summed E-state index contributed by atoms with van der Waals surface area (Å²) in [6.07, 6.45) is 0. The van der Waals surface area contributed by atoms with Crippen LogP contribution in [-0.4, -0.2) is 12.9 Å². The lowest BCUT2D eigenvalue weighted by Crippen LogP contribution is -2.18. The van der Waals surface area contributed by atoms with Crippen molar-refractivity contribution < 1.29 is 0 Å². The molecule has 0 radical (unpaired) electrons. The van der Waals surface area contributed by atoms with Gasteiger partial charge in [0.05, 0.1) is 10.0 Å². The van der Waals surface area contributed by atoms with E-state index >= 15 is 0 Å². The van der Waals surface area contributed by atoms with E-state index in [0.29, 0.717) is 16.0 Å². The Morgan fingerprint density at radius 2 is 1.93 bits per heavy atom. The van der Waals surface area contributed by atoms with Crippen LogP contribution < -0.4 is 5.32 Å². The van der Waals surface area contributed by atoms with Gasteiger partial charge in [-0.2, -0.15) is 0 Å². The number of halogens is 2. The van der Waals surface area contributed by atoms with Gasteiger partial charge in [-0.15, -0.1) is 0 Å². The van der Waals surface area contributed by atoms with Crippen molar-refractivity contribution in [2.75, 3.05) is 12.4 Å². The third-order valence-electron chi connectivity index (χ3n) is 1.98. The van der Waals surface area contributed by atoms with Gasteiger partial charge in [0.2, 0.25) is 0 Å². The largest absolute Gasteiger partial charge is 0.344 e. The highest BCUT2D eigenvalue weighted by molar-refractivity contribution is 6.42. The number of hydrogen-bond donors (Lipinski definition) is 1. The molecular formula is C11H14Cl2N2. The predicted octanol–water partition coefficient (Wildman–Crippen LogP) is 4.09. The van der Waals surface area contributed by atoms with Crippen molar-refractivity contribution in [2.45, 2.75) is 13.8 Å². The fraction of sp³-hybridized carbons (Fsp3) is 0.364. The van der Waals surface area contributed by atoms with Crippen LogP contribution >= 0.6 is 23.2 Å². The lowest BCUT2D eigenvalue weighted by molar-refractivity contribution is 0.877. The highest BCUT2D eigenvalue weighted by Crippen LogP contribution is 2.25. The van der Waals surface area contributed by atoms with Gasteiger partial charge in [0.15, 0.2) is 0 Å². The van der Waals surface area contributed by atoms with Gasteiger partial charge in [-0.3, -0.25) is 4.99 Å². The van der Waals surface area contributed by atoms with Crippen LogP contribution in [0.2, 0.25) is 10.0 Å². The highest BCUT2D eigenvalue weighted by atomic mass is 35.5. The molecule has 1 N–H and O–H groups in total. The van der Waals surface area contributed by atoms with Crippen molar-refractivity contribution in [3.05, 3.63) is 28.2 Å². The number of benzene rings is 1.